The van der Waals surface area contributed by atoms with Crippen molar-refractivity contribution in [1.82, 2.24) is 23.8 Å². The molecule has 6 aromatic rings. The van der Waals surface area contributed by atoms with Crippen molar-refractivity contribution in [2.24, 2.45) is 0 Å². The zero-order valence-electron chi connectivity index (χ0n) is 25.4. The van der Waals surface area contributed by atoms with Gasteiger partial charge in [-0.25, -0.2) is 8.96 Å². The summed E-state index contributed by atoms with van der Waals surface area (Å²) in [5.41, 5.74) is 4.70. The first-order valence-corrected chi connectivity index (χ1v) is 17.4. The molecule has 234 valence electrons. The maximum Gasteiger partial charge on any atom is 0.277 e. The average Bonchev–Trinajstić information content (AvgIpc) is 3.72. The molecule has 1 fully saturated rings. The van der Waals surface area contributed by atoms with E-state index in [9.17, 15) is 13.2 Å². The SMILES string of the molecule is Cc1cn(S(=O)(=O)c2cccs2)c(C)c1-c1cc2cnc(Nc3ccc(NC4CCNCC4)cc3)nc2n(-c2ccccc2)c1=O. The Morgan fingerprint density at radius 1 is 0.957 bits per heavy atom. The van der Waals surface area contributed by atoms with Crippen molar-refractivity contribution in [3.8, 4) is 16.8 Å². The molecule has 0 aliphatic carbocycles. The van der Waals surface area contributed by atoms with E-state index in [0.29, 0.717) is 51.1 Å². The highest BCUT2D eigenvalue weighted by molar-refractivity contribution is 7.92. The summed E-state index contributed by atoms with van der Waals surface area (Å²) in [7, 11) is -3.81. The number of para-hydroxylation sites is 1. The highest BCUT2D eigenvalue weighted by atomic mass is 32.2. The van der Waals surface area contributed by atoms with E-state index in [2.05, 4.69) is 20.9 Å². The van der Waals surface area contributed by atoms with Crippen LogP contribution in [0.15, 0.2) is 99.6 Å². The maximum atomic E-state index is 14.4. The molecule has 0 radical (unpaired) electrons. The van der Waals surface area contributed by atoms with Crippen LogP contribution in [0.3, 0.4) is 0 Å². The van der Waals surface area contributed by atoms with Gasteiger partial charge in [-0.05, 0) is 99.3 Å². The number of aryl methyl sites for hydroxylation is 1. The number of nitrogens with one attached hydrogen (secondary N) is 3. The van der Waals surface area contributed by atoms with Crippen LogP contribution >= 0.6 is 11.3 Å². The lowest BCUT2D eigenvalue weighted by molar-refractivity contribution is 0.479. The van der Waals surface area contributed by atoms with Crippen molar-refractivity contribution >= 4 is 49.7 Å². The molecule has 1 aliphatic rings. The quantitative estimate of drug-likeness (QED) is 0.181. The fourth-order valence-corrected chi connectivity index (χ4v) is 8.57. The molecule has 1 aliphatic heterocycles. The molecule has 0 spiro atoms. The molecule has 3 N–H and O–H groups in total. The molecule has 5 heterocycles. The first kappa shape index (κ1) is 29.9. The monoisotopic (exact) mass is 651 g/mol. The van der Waals surface area contributed by atoms with Gasteiger partial charge in [0, 0.05) is 46.5 Å². The highest BCUT2D eigenvalue weighted by Gasteiger charge is 2.26. The molecule has 0 bridgehead atoms. The lowest BCUT2D eigenvalue weighted by atomic mass is 10.0. The summed E-state index contributed by atoms with van der Waals surface area (Å²) < 4.78 is 30.0. The third-order valence-corrected chi connectivity index (χ3v) is 11.4. The topological polar surface area (TPSA) is 123 Å². The minimum Gasteiger partial charge on any atom is -0.382 e. The van der Waals surface area contributed by atoms with Crippen LogP contribution in [0.2, 0.25) is 0 Å². The largest absolute Gasteiger partial charge is 0.382 e. The minimum atomic E-state index is -3.81. The van der Waals surface area contributed by atoms with Crippen molar-refractivity contribution in [3.63, 3.8) is 0 Å². The molecule has 0 amide bonds. The number of hydrogen-bond acceptors (Lipinski definition) is 9. The average molecular weight is 652 g/mol. The van der Waals surface area contributed by atoms with Crippen molar-refractivity contribution < 1.29 is 8.42 Å². The number of piperidine rings is 1. The van der Waals surface area contributed by atoms with Crippen molar-refractivity contribution in [1.29, 1.82) is 0 Å². The van der Waals surface area contributed by atoms with E-state index >= 15 is 0 Å². The van der Waals surface area contributed by atoms with Gasteiger partial charge in [0.15, 0.2) is 5.65 Å². The molecular formula is C34H33N7O3S2. The summed E-state index contributed by atoms with van der Waals surface area (Å²) >= 11 is 1.16. The number of aromatic nitrogens is 4. The van der Waals surface area contributed by atoms with Crippen LogP contribution < -0.4 is 21.5 Å². The number of rotatable bonds is 8. The Morgan fingerprint density at radius 2 is 1.70 bits per heavy atom. The van der Waals surface area contributed by atoms with E-state index in [4.69, 9.17) is 4.98 Å². The fraction of sp³-hybridized carbons (Fsp3) is 0.206. The second-order valence-electron chi connectivity index (χ2n) is 11.4. The van der Waals surface area contributed by atoms with Crippen LogP contribution in [0.4, 0.5) is 17.3 Å². The van der Waals surface area contributed by atoms with E-state index in [1.54, 1.807) is 47.5 Å². The van der Waals surface area contributed by atoms with E-state index in [1.807, 2.05) is 61.5 Å². The van der Waals surface area contributed by atoms with Gasteiger partial charge >= 0.3 is 0 Å². The number of benzene rings is 2. The molecule has 0 atom stereocenters. The molecule has 0 unspecified atom stereocenters. The minimum absolute atomic E-state index is 0.235. The number of nitrogens with zero attached hydrogens (tertiary/aromatic N) is 4. The van der Waals surface area contributed by atoms with Gasteiger partial charge in [-0.1, -0.05) is 24.3 Å². The molecular weight excluding hydrogens is 619 g/mol. The second-order valence-corrected chi connectivity index (χ2v) is 14.4. The van der Waals surface area contributed by atoms with E-state index in [1.165, 1.54) is 3.97 Å². The second kappa shape index (κ2) is 12.2. The Bertz CT molecular complexity index is 2190. The van der Waals surface area contributed by atoms with Crippen molar-refractivity contribution in [3.05, 3.63) is 112 Å². The fourth-order valence-electron chi connectivity index (χ4n) is 6.03. The molecule has 2 aromatic carbocycles. The molecule has 46 heavy (non-hydrogen) atoms. The van der Waals surface area contributed by atoms with Gasteiger partial charge in [-0.15, -0.1) is 11.3 Å². The standard InChI is InChI=1S/C34H33N7O3S2/c1-22-21-40(46(43,44)30-9-6-18-45-30)23(2)31(22)29-19-24-20-36-34(39-32(24)41(33(29)42)28-7-4-3-5-8-28)38-26-12-10-25(11-13-26)37-27-14-16-35-17-15-27/h3-13,18-21,27,35,37H,14-17H2,1-2H3,(H,36,38,39). The highest BCUT2D eigenvalue weighted by Crippen LogP contribution is 2.32. The summed E-state index contributed by atoms with van der Waals surface area (Å²) in [5.74, 6) is 0.351. The van der Waals surface area contributed by atoms with Crippen LogP contribution in [-0.4, -0.2) is 46.1 Å². The van der Waals surface area contributed by atoms with Gasteiger partial charge in [0.2, 0.25) is 5.95 Å². The smallest absolute Gasteiger partial charge is 0.277 e. The molecule has 1 saturated heterocycles. The maximum absolute atomic E-state index is 14.4. The van der Waals surface area contributed by atoms with Crippen molar-refractivity contribution in [2.75, 3.05) is 23.7 Å². The van der Waals surface area contributed by atoms with Gasteiger partial charge < -0.3 is 16.0 Å². The summed E-state index contributed by atoms with van der Waals surface area (Å²) in [6.45, 7) is 5.59. The molecule has 7 rings (SSSR count). The Labute approximate surface area is 270 Å². The number of anilines is 3. The normalized spacial score (nSPS) is 14.0. The van der Waals surface area contributed by atoms with Crippen LogP contribution in [0.25, 0.3) is 27.8 Å². The molecule has 0 saturated carbocycles. The lowest BCUT2D eigenvalue weighted by Gasteiger charge is -2.24. The Kier molecular flexibility index (Phi) is 7.93. The number of fused-ring (bicyclic) bond motifs is 1. The molecule has 4 aromatic heterocycles. The summed E-state index contributed by atoms with van der Waals surface area (Å²) in [6.07, 6.45) is 5.45. The zero-order chi connectivity index (χ0) is 31.8. The van der Waals surface area contributed by atoms with Crippen LogP contribution in [0.5, 0.6) is 0 Å². The third-order valence-electron chi connectivity index (χ3n) is 8.28. The zero-order valence-corrected chi connectivity index (χ0v) is 27.0. The predicted molar refractivity (Wildman–Crippen MR) is 184 cm³/mol. The van der Waals surface area contributed by atoms with Gasteiger partial charge in [0.05, 0.1) is 11.3 Å². The number of pyridine rings is 1. The third kappa shape index (κ3) is 5.59. The van der Waals surface area contributed by atoms with Crippen LogP contribution in [0.1, 0.15) is 24.1 Å². The first-order chi connectivity index (χ1) is 22.3. The van der Waals surface area contributed by atoms with E-state index < -0.39 is 10.0 Å². The Balaban J connectivity index is 1.28. The van der Waals surface area contributed by atoms with E-state index in [0.717, 1.165) is 48.6 Å². The number of thiophene rings is 1. The van der Waals surface area contributed by atoms with Gasteiger partial charge in [0.25, 0.3) is 15.6 Å². The predicted octanol–water partition coefficient (Wildman–Crippen LogP) is 6.07. The van der Waals surface area contributed by atoms with Crippen molar-refractivity contribution in [2.45, 2.75) is 36.9 Å². The summed E-state index contributed by atoms with van der Waals surface area (Å²) in [5, 5.41) is 12.6. The van der Waals surface area contributed by atoms with Gasteiger partial charge in [-0.3, -0.25) is 9.36 Å². The van der Waals surface area contributed by atoms with E-state index in [-0.39, 0.29) is 9.77 Å². The van der Waals surface area contributed by atoms with Gasteiger partial charge in [0.1, 0.15) is 4.21 Å². The van der Waals surface area contributed by atoms with Gasteiger partial charge in [-0.2, -0.15) is 13.4 Å². The number of hydrogen-bond donors (Lipinski definition) is 3. The molecule has 12 heteroatoms. The summed E-state index contributed by atoms with van der Waals surface area (Å²) in [4.78, 5) is 23.7. The lowest BCUT2D eigenvalue weighted by Crippen LogP contribution is -2.35. The van der Waals surface area contributed by atoms with Crippen LogP contribution in [0, 0.1) is 13.8 Å². The molecule has 10 nitrogen and oxygen atoms in total. The Hall–Kier alpha value is -4.78. The first-order valence-electron chi connectivity index (χ1n) is 15.1. The summed E-state index contributed by atoms with van der Waals surface area (Å²) in [6, 6.07) is 22.8. The Morgan fingerprint density at radius 3 is 2.41 bits per heavy atom. The van der Waals surface area contributed by atoms with Crippen LogP contribution in [-0.2, 0) is 10.0 Å².